The molecule has 0 saturated carbocycles. The zero-order valence-corrected chi connectivity index (χ0v) is 41.6. The first-order valence-corrected chi connectivity index (χ1v) is 23.8. The molecule has 1 atom stereocenters. The third kappa shape index (κ3) is 6.30. The topological polar surface area (TPSA) is 21.9 Å². The number of para-hydroxylation sites is 1. The van der Waals surface area contributed by atoms with Gasteiger partial charge in [-0.3, -0.25) is 0 Å². The summed E-state index contributed by atoms with van der Waals surface area (Å²) in [7, 11) is 0. The van der Waals surface area contributed by atoms with Crippen LogP contribution < -0.4 is 13.9 Å². The third-order valence-electron chi connectivity index (χ3n) is 14.3. The molecule has 3 aliphatic heterocycles. The Morgan fingerprint density at radius 2 is 1.21 bits per heavy atom. The maximum atomic E-state index is 9.80. The lowest BCUT2D eigenvalue weighted by Crippen LogP contribution is -2.78. The second kappa shape index (κ2) is 14.9. The van der Waals surface area contributed by atoms with E-state index < -0.39 is 34.8 Å². The van der Waals surface area contributed by atoms with E-state index in [1.54, 1.807) is 0 Å². The van der Waals surface area contributed by atoms with E-state index in [-0.39, 0.29) is 35.1 Å². The summed E-state index contributed by atoms with van der Waals surface area (Å²) >= 11 is 0. The summed E-state index contributed by atoms with van der Waals surface area (Å²) < 4.78 is 89.6. The van der Waals surface area contributed by atoms with E-state index in [1.807, 2.05) is 119 Å². The van der Waals surface area contributed by atoms with Crippen molar-refractivity contribution < 1.29 is 24.8 Å². The van der Waals surface area contributed by atoms with Gasteiger partial charge in [-0.05, 0) is 133 Å². The fraction of sp³-hybridized carbons (Fsp3) is 0.333. The number of benzene rings is 6. The highest BCUT2D eigenvalue weighted by molar-refractivity contribution is 5.98. The smallest absolute Gasteiger partial charge is 0.392 e. The summed E-state index contributed by atoms with van der Waals surface area (Å²) in [6.07, 6.45) is 1.96. The summed E-state index contributed by atoms with van der Waals surface area (Å²) in [5.74, 6) is -4.20. The van der Waals surface area contributed by atoms with E-state index in [0.29, 0.717) is 22.4 Å². The first-order valence-electron chi connectivity index (χ1n) is 27.8. The van der Waals surface area contributed by atoms with Crippen LogP contribution in [0.1, 0.15) is 170 Å². The molecule has 0 bridgehead atoms. The van der Waals surface area contributed by atoms with Gasteiger partial charge in [-0.15, -0.1) is 9.13 Å². The van der Waals surface area contributed by atoms with Crippen molar-refractivity contribution >= 4 is 11.0 Å². The first kappa shape index (κ1) is 35.0. The minimum Gasteiger partial charge on any atom is -0.392 e. The van der Waals surface area contributed by atoms with E-state index >= 15 is 0 Å². The number of ether oxygens (including phenoxy) is 1. The normalized spacial score (nSPS) is 18.1. The number of nitrogens with zero attached hydrogens (tertiary/aromatic N) is 3. The van der Waals surface area contributed by atoms with Crippen LogP contribution in [-0.2, 0) is 16.7 Å². The number of fused-ring (bicyclic) bond motifs is 5. The minimum atomic E-state index is -1.43. The fourth-order valence-corrected chi connectivity index (χ4v) is 10.7. The molecule has 8 aromatic rings. The predicted octanol–water partition coefficient (Wildman–Crippen LogP) is 15.9. The van der Waals surface area contributed by atoms with Crippen LogP contribution in [0.25, 0.3) is 72.7 Å². The van der Waals surface area contributed by atoms with Crippen molar-refractivity contribution in [3.63, 3.8) is 0 Å². The molecule has 67 heavy (non-hydrogen) atoms. The van der Waals surface area contributed by atoms with Crippen LogP contribution in [0.4, 0.5) is 0 Å². The average molecular weight is 890 g/mol. The number of hydrogen-bond donors (Lipinski definition) is 0. The van der Waals surface area contributed by atoms with Crippen molar-refractivity contribution in [2.24, 2.45) is 0 Å². The standard InChI is InChI=1S/C63H67N3O/c1-36(2)43-31-50(39(7)8)59-53(32-43)60-65(46-27-23-41(24-28-46)56-47(37(3)4)17-15-18-48(56)38(5)6)54-20-16-19-49-51-34-45(62(12,13)14)35-52-55-33-42(40-21-25-44(26-22-40)61(9,10)11)29-30-64(55)63(67-59,57(51)52)66(60)58(49)54/h15-39H,1-14H3/q+2/i21D,22D,25D,26D,36D,37D,38D,39D. The highest BCUT2D eigenvalue weighted by atomic mass is 16.5. The predicted molar refractivity (Wildman–Crippen MR) is 278 cm³/mol. The molecule has 0 amide bonds. The van der Waals surface area contributed by atoms with Crippen molar-refractivity contribution in [3.8, 4) is 67.5 Å². The van der Waals surface area contributed by atoms with Gasteiger partial charge < -0.3 is 4.74 Å². The molecule has 338 valence electrons. The molecule has 0 N–H and O–H groups in total. The van der Waals surface area contributed by atoms with Gasteiger partial charge in [0.15, 0.2) is 23.0 Å². The highest BCUT2D eigenvalue weighted by Crippen LogP contribution is 2.56. The van der Waals surface area contributed by atoms with Crippen molar-refractivity contribution in [2.45, 2.75) is 137 Å². The van der Waals surface area contributed by atoms with E-state index in [4.69, 9.17) is 4.74 Å². The molecule has 2 aromatic heterocycles. The molecule has 0 fully saturated rings. The van der Waals surface area contributed by atoms with Crippen molar-refractivity contribution in [1.82, 2.24) is 4.57 Å². The van der Waals surface area contributed by atoms with Gasteiger partial charge in [-0.2, -0.15) is 4.57 Å². The van der Waals surface area contributed by atoms with Gasteiger partial charge in [0.1, 0.15) is 16.8 Å². The number of imidazole rings is 1. The number of pyridine rings is 1. The maximum absolute atomic E-state index is 9.80. The molecule has 1 spiro atoms. The van der Waals surface area contributed by atoms with Gasteiger partial charge in [-0.1, -0.05) is 164 Å². The quantitative estimate of drug-likeness (QED) is 0.146. The third-order valence-corrected chi connectivity index (χ3v) is 14.3. The highest BCUT2D eigenvalue weighted by Gasteiger charge is 2.69. The van der Waals surface area contributed by atoms with Crippen LogP contribution in [0.15, 0.2) is 127 Å². The maximum Gasteiger partial charge on any atom is 0.499 e. The molecular weight excluding hydrogens is 815 g/mol. The molecule has 3 aliphatic rings. The molecule has 0 aliphatic carbocycles. The van der Waals surface area contributed by atoms with E-state index in [2.05, 4.69) is 95.1 Å². The average Bonchev–Trinajstić information content (AvgIpc) is 4.04. The largest absolute Gasteiger partial charge is 0.499 e. The summed E-state index contributed by atoms with van der Waals surface area (Å²) in [5, 5.41) is 0. The Morgan fingerprint density at radius 3 is 1.82 bits per heavy atom. The van der Waals surface area contributed by atoms with Gasteiger partial charge in [0.25, 0.3) is 0 Å². The zero-order chi connectivity index (χ0) is 54.4. The second-order valence-electron chi connectivity index (χ2n) is 21.9. The van der Waals surface area contributed by atoms with Crippen LogP contribution in [0.3, 0.4) is 0 Å². The Kier molecular flexibility index (Phi) is 7.76. The minimum absolute atomic E-state index is 0.0516. The molecule has 6 aromatic carbocycles. The molecular formula is C63H67N3O+2. The van der Waals surface area contributed by atoms with Gasteiger partial charge in [0.05, 0.1) is 11.0 Å². The lowest BCUT2D eigenvalue weighted by Gasteiger charge is -2.34. The van der Waals surface area contributed by atoms with E-state index in [1.165, 1.54) is 0 Å². The van der Waals surface area contributed by atoms with Crippen LogP contribution >= 0.6 is 0 Å². The Bertz CT molecular complexity index is 3730. The summed E-state index contributed by atoms with van der Waals surface area (Å²) in [5.41, 5.74) is 14.2. The van der Waals surface area contributed by atoms with Crippen molar-refractivity contribution in [3.05, 3.63) is 166 Å². The number of rotatable bonds is 7. The summed E-state index contributed by atoms with van der Waals surface area (Å²) in [6.45, 7) is 27.4. The molecule has 1 unspecified atom stereocenters. The lowest BCUT2D eigenvalue weighted by molar-refractivity contribution is -0.997. The van der Waals surface area contributed by atoms with Gasteiger partial charge in [-0.25, -0.2) is 0 Å². The molecule has 0 radical (unpaired) electrons. The number of aromatic nitrogens is 3. The van der Waals surface area contributed by atoms with Gasteiger partial charge in [0, 0.05) is 28.7 Å². The SMILES string of the molecule is [2H]c1c([2H])c(C(C)(C)C)c([2H])c([2H])c1-c1cc[n+]2c(c1)-c1cc(C(C)(C)C)cc3c1C21Oc2c(cc(C([2H])(C)C)cc2C([2H])(C)C)-c2n(-c4ccc(-c5c(C([2H])(C)C)cccc5C([2H])(C)C)cc4)c4cccc-3c4[n+]21. The van der Waals surface area contributed by atoms with Crippen molar-refractivity contribution in [1.29, 1.82) is 0 Å². The molecule has 11 rings (SSSR count). The van der Waals surface area contributed by atoms with Crippen LogP contribution in [0, 0.1) is 0 Å². The molecule has 4 nitrogen and oxygen atoms in total. The van der Waals surface area contributed by atoms with Crippen LogP contribution in [0.2, 0.25) is 0 Å². The van der Waals surface area contributed by atoms with Crippen LogP contribution in [-0.4, -0.2) is 4.57 Å². The van der Waals surface area contributed by atoms with Crippen LogP contribution in [0.5, 0.6) is 5.75 Å². The Balaban J connectivity index is 1.28. The Hall–Kier alpha value is -6.26. The van der Waals surface area contributed by atoms with Gasteiger partial charge in [0.2, 0.25) is 5.69 Å². The van der Waals surface area contributed by atoms with E-state index in [0.717, 1.165) is 89.4 Å². The molecule has 0 saturated heterocycles. The first-order chi connectivity index (χ1) is 34.7. The number of hydrogen-bond acceptors (Lipinski definition) is 1. The van der Waals surface area contributed by atoms with E-state index in [9.17, 15) is 11.0 Å². The van der Waals surface area contributed by atoms with Gasteiger partial charge >= 0.3 is 11.7 Å². The van der Waals surface area contributed by atoms with Crippen molar-refractivity contribution in [2.75, 3.05) is 0 Å². The Labute approximate surface area is 410 Å². The molecule has 5 heterocycles. The summed E-state index contributed by atoms with van der Waals surface area (Å²) in [4.78, 5) is 0. The Morgan fingerprint density at radius 1 is 0.582 bits per heavy atom. The lowest BCUT2D eigenvalue weighted by atomic mass is 9.80. The molecule has 4 heteroatoms. The second-order valence-corrected chi connectivity index (χ2v) is 21.9. The zero-order valence-electron chi connectivity index (χ0n) is 49.6. The fourth-order valence-electron chi connectivity index (χ4n) is 10.7. The monoisotopic (exact) mass is 890 g/mol. The summed E-state index contributed by atoms with van der Waals surface area (Å²) in [6, 6.07) is 33.0.